The SMILES string of the molecule is CCN=C(N)N(C)CC(F)(F)F. The van der Waals surface area contributed by atoms with Gasteiger partial charge in [-0.2, -0.15) is 13.2 Å². The molecule has 0 saturated heterocycles. The van der Waals surface area contributed by atoms with Crippen LogP contribution in [0.2, 0.25) is 0 Å². The van der Waals surface area contributed by atoms with Gasteiger partial charge in [0.15, 0.2) is 5.96 Å². The second kappa shape index (κ2) is 4.18. The lowest BCUT2D eigenvalue weighted by atomic mass is 10.5. The van der Waals surface area contributed by atoms with Gasteiger partial charge in [-0.25, -0.2) is 0 Å². The molecule has 0 fully saturated rings. The van der Waals surface area contributed by atoms with Crippen LogP contribution in [0.1, 0.15) is 6.92 Å². The van der Waals surface area contributed by atoms with Crippen molar-refractivity contribution in [1.29, 1.82) is 0 Å². The van der Waals surface area contributed by atoms with Gasteiger partial charge in [0, 0.05) is 13.6 Å². The van der Waals surface area contributed by atoms with Gasteiger partial charge in [0.25, 0.3) is 0 Å². The highest BCUT2D eigenvalue weighted by molar-refractivity contribution is 5.77. The van der Waals surface area contributed by atoms with Gasteiger partial charge in [-0.15, -0.1) is 0 Å². The van der Waals surface area contributed by atoms with E-state index in [0.29, 0.717) is 6.54 Å². The summed E-state index contributed by atoms with van der Waals surface area (Å²) in [6.45, 7) is 1.02. The van der Waals surface area contributed by atoms with E-state index in [1.807, 2.05) is 0 Å². The summed E-state index contributed by atoms with van der Waals surface area (Å²) in [5.41, 5.74) is 5.21. The third kappa shape index (κ3) is 4.81. The summed E-state index contributed by atoms with van der Waals surface area (Å²) in [7, 11) is 1.25. The Balaban J connectivity index is 4.04. The van der Waals surface area contributed by atoms with Crippen molar-refractivity contribution in [2.24, 2.45) is 10.7 Å². The summed E-state index contributed by atoms with van der Waals surface area (Å²) in [5, 5.41) is 0. The lowest BCUT2D eigenvalue weighted by Crippen LogP contribution is -2.40. The number of hydrogen-bond acceptors (Lipinski definition) is 1. The normalized spacial score (nSPS) is 13.2. The lowest BCUT2D eigenvalue weighted by molar-refractivity contribution is -0.135. The van der Waals surface area contributed by atoms with E-state index in [1.54, 1.807) is 6.92 Å². The highest BCUT2D eigenvalue weighted by Gasteiger charge is 2.29. The molecule has 6 heteroatoms. The summed E-state index contributed by atoms with van der Waals surface area (Å²) in [6.07, 6.45) is -4.23. The van der Waals surface area contributed by atoms with Crippen LogP contribution < -0.4 is 5.73 Å². The number of aliphatic imine (C=N–C) groups is 1. The van der Waals surface area contributed by atoms with E-state index < -0.39 is 12.7 Å². The monoisotopic (exact) mass is 183 g/mol. The Morgan fingerprint density at radius 3 is 2.33 bits per heavy atom. The zero-order valence-corrected chi connectivity index (χ0v) is 7.02. The van der Waals surface area contributed by atoms with E-state index in [9.17, 15) is 13.2 Å². The van der Waals surface area contributed by atoms with Crippen LogP contribution >= 0.6 is 0 Å². The molecule has 0 heterocycles. The Hall–Kier alpha value is -0.940. The van der Waals surface area contributed by atoms with Gasteiger partial charge in [0.1, 0.15) is 6.54 Å². The number of nitrogens with two attached hydrogens (primary N) is 1. The Bertz CT molecular complexity index is 164. The summed E-state index contributed by atoms with van der Waals surface area (Å²) >= 11 is 0. The van der Waals surface area contributed by atoms with Crippen LogP contribution in [0.15, 0.2) is 4.99 Å². The molecule has 0 spiro atoms. The molecule has 0 aliphatic carbocycles. The summed E-state index contributed by atoms with van der Waals surface area (Å²) in [4.78, 5) is 4.49. The van der Waals surface area contributed by atoms with Crippen molar-refractivity contribution in [2.45, 2.75) is 13.1 Å². The number of alkyl halides is 3. The fourth-order valence-corrected chi connectivity index (χ4v) is 0.633. The quantitative estimate of drug-likeness (QED) is 0.508. The molecule has 0 rings (SSSR count). The van der Waals surface area contributed by atoms with E-state index >= 15 is 0 Å². The first-order chi connectivity index (χ1) is 5.37. The summed E-state index contributed by atoms with van der Waals surface area (Å²) < 4.78 is 35.3. The molecule has 0 amide bonds. The second-order valence-corrected chi connectivity index (χ2v) is 2.30. The first kappa shape index (κ1) is 11.1. The van der Waals surface area contributed by atoms with E-state index in [-0.39, 0.29) is 5.96 Å². The topological polar surface area (TPSA) is 41.6 Å². The number of hydrogen-bond donors (Lipinski definition) is 1. The maximum absolute atomic E-state index is 11.8. The molecule has 0 saturated carbocycles. The summed E-state index contributed by atoms with van der Waals surface area (Å²) in [6, 6.07) is 0. The van der Waals surface area contributed by atoms with Crippen LogP contribution in [0.5, 0.6) is 0 Å². The second-order valence-electron chi connectivity index (χ2n) is 2.30. The van der Waals surface area contributed by atoms with Crippen LogP contribution in [0.4, 0.5) is 13.2 Å². The smallest absolute Gasteiger partial charge is 0.370 e. The van der Waals surface area contributed by atoms with Crippen LogP contribution in [0.25, 0.3) is 0 Å². The molecule has 12 heavy (non-hydrogen) atoms. The van der Waals surface area contributed by atoms with Crippen molar-refractivity contribution in [1.82, 2.24) is 4.90 Å². The molecular weight excluding hydrogens is 171 g/mol. The molecule has 72 valence electrons. The number of halogens is 3. The van der Waals surface area contributed by atoms with Crippen molar-refractivity contribution in [3.8, 4) is 0 Å². The van der Waals surface area contributed by atoms with Crippen molar-refractivity contribution in [3.05, 3.63) is 0 Å². The first-order valence-corrected chi connectivity index (χ1v) is 3.44. The van der Waals surface area contributed by atoms with Gasteiger partial charge >= 0.3 is 6.18 Å². The molecule has 0 unspecified atom stereocenters. The largest absolute Gasteiger partial charge is 0.406 e. The molecule has 0 aliphatic heterocycles. The van der Waals surface area contributed by atoms with Crippen molar-refractivity contribution < 1.29 is 13.2 Å². The van der Waals surface area contributed by atoms with Crippen LogP contribution in [0.3, 0.4) is 0 Å². The third-order valence-corrected chi connectivity index (χ3v) is 1.13. The van der Waals surface area contributed by atoms with Gasteiger partial charge in [-0.05, 0) is 6.92 Å². The molecule has 0 radical (unpaired) electrons. The molecule has 0 aromatic heterocycles. The predicted molar refractivity (Wildman–Crippen MR) is 40.8 cm³/mol. The van der Waals surface area contributed by atoms with Crippen molar-refractivity contribution in [3.63, 3.8) is 0 Å². The first-order valence-electron chi connectivity index (χ1n) is 3.44. The van der Waals surface area contributed by atoms with E-state index in [1.165, 1.54) is 7.05 Å². The Morgan fingerprint density at radius 2 is 2.00 bits per heavy atom. The van der Waals surface area contributed by atoms with Gasteiger partial charge in [-0.1, -0.05) is 0 Å². The number of nitrogens with zero attached hydrogens (tertiary/aromatic N) is 2. The van der Waals surface area contributed by atoms with Crippen LogP contribution in [0, 0.1) is 0 Å². The lowest BCUT2D eigenvalue weighted by Gasteiger charge is -2.19. The molecule has 0 atom stereocenters. The van der Waals surface area contributed by atoms with Crippen molar-refractivity contribution in [2.75, 3.05) is 20.1 Å². The molecule has 2 N–H and O–H groups in total. The average Bonchev–Trinajstić information content (AvgIpc) is 1.84. The standard InChI is InChI=1S/C6H12F3N3/c1-3-11-5(10)12(2)4-6(7,8)9/h3-4H2,1-2H3,(H2,10,11). The van der Waals surface area contributed by atoms with Gasteiger partial charge in [-0.3, -0.25) is 4.99 Å². The highest BCUT2D eigenvalue weighted by atomic mass is 19.4. The van der Waals surface area contributed by atoms with Crippen molar-refractivity contribution >= 4 is 5.96 Å². The minimum Gasteiger partial charge on any atom is -0.370 e. The molecule has 0 aliphatic rings. The zero-order chi connectivity index (χ0) is 9.78. The number of rotatable bonds is 2. The maximum Gasteiger partial charge on any atom is 0.406 e. The molecule has 0 aromatic rings. The van der Waals surface area contributed by atoms with Crippen LogP contribution in [-0.2, 0) is 0 Å². The van der Waals surface area contributed by atoms with Crippen LogP contribution in [-0.4, -0.2) is 37.2 Å². The Labute approximate surface area is 69.1 Å². The van der Waals surface area contributed by atoms with E-state index in [4.69, 9.17) is 5.73 Å². The molecule has 0 aromatic carbocycles. The van der Waals surface area contributed by atoms with E-state index in [2.05, 4.69) is 4.99 Å². The number of guanidine groups is 1. The van der Waals surface area contributed by atoms with E-state index in [0.717, 1.165) is 4.90 Å². The average molecular weight is 183 g/mol. The molecular formula is C6H12F3N3. The predicted octanol–water partition coefficient (Wildman–Crippen LogP) is 0.815. The fourth-order valence-electron chi connectivity index (χ4n) is 0.633. The van der Waals surface area contributed by atoms with Gasteiger partial charge < -0.3 is 10.6 Å². The van der Waals surface area contributed by atoms with Gasteiger partial charge in [0.05, 0.1) is 0 Å². The Morgan fingerprint density at radius 1 is 1.50 bits per heavy atom. The minimum absolute atomic E-state index is 0.0881. The molecule has 0 bridgehead atoms. The zero-order valence-electron chi connectivity index (χ0n) is 7.02. The third-order valence-electron chi connectivity index (χ3n) is 1.13. The highest BCUT2D eigenvalue weighted by Crippen LogP contribution is 2.15. The summed E-state index contributed by atoms with van der Waals surface area (Å²) in [5.74, 6) is -0.0881. The minimum atomic E-state index is -4.23. The Kier molecular flexibility index (Phi) is 3.85. The van der Waals surface area contributed by atoms with Gasteiger partial charge in [0.2, 0.25) is 0 Å². The maximum atomic E-state index is 11.8. The fraction of sp³-hybridized carbons (Fsp3) is 0.833. The molecule has 3 nitrogen and oxygen atoms in total.